The molecule has 1 atom stereocenters. The van der Waals surface area contributed by atoms with Crippen LogP contribution in [0.3, 0.4) is 0 Å². The number of rotatable bonds is 7. The summed E-state index contributed by atoms with van der Waals surface area (Å²) in [6, 6.07) is 12.7. The lowest BCUT2D eigenvalue weighted by atomic mass is 10.1. The lowest BCUT2D eigenvalue weighted by molar-refractivity contribution is 0.0915. The van der Waals surface area contributed by atoms with Crippen LogP contribution in [0.2, 0.25) is 5.02 Å². The van der Waals surface area contributed by atoms with Crippen molar-refractivity contribution in [2.24, 2.45) is 0 Å². The average molecular weight is 571 g/mol. The van der Waals surface area contributed by atoms with Crippen molar-refractivity contribution in [2.45, 2.75) is 22.8 Å². The van der Waals surface area contributed by atoms with Crippen LogP contribution in [0, 0.1) is 5.82 Å². The summed E-state index contributed by atoms with van der Waals surface area (Å²) >= 11 is 5.97. The van der Waals surface area contributed by atoms with Crippen LogP contribution in [-0.2, 0) is 9.84 Å². The molecule has 13 heteroatoms. The first-order chi connectivity index (χ1) is 17.5. The molecule has 0 bridgehead atoms. The van der Waals surface area contributed by atoms with E-state index in [9.17, 15) is 27.4 Å². The number of hydrogen-bond acceptors (Lipinski definition) is 8. The van der Waals surface area contributed by atoms with E-state index in [1.807, 2.05) is 0 Å². The van der Waals surface area contributed by atoms with Crippen LogP contribution in [0.4, 0.5) is 10.1 Å². The Bertz CT molecular complexity index is 1440. The minimum Gasteiger partial charge on any atom is -0.469 e. The monoisotopic (exact) mass is 570 g/mol. The van der Waals surface area contributed by atoms with Gasteiger partial charge in [-0.1, -0.05) is 41.4 Å². The minimum absolute atomic E-state index is 0.0102. The van der Waals surface area contributed by atoms with E-state index in [2.05, 4.69) is 5.32 Å². The summed E-state index contributed by atoms with van der Waals surface area (Å²) in [5, 5.41) is 12.6. The van der Waals surface area contributed by atoms with Gasteiger partial charge in [0.2, 0.25) is 0 Å². The molecular weight excluding hydrogens is 547 g/mol. The Labute approximate surface area is 219 Å². The van der Waals surface area contributed by atoms with E-state index in [0.29, 0.717) is 5.56 Å². The number of nitrogens with zero attached hydrogens (tertiary/aromatic N) is 1. The van der Waals surface area contributed by atoms with E-state index in [1.54, 1.807) is 0 Å². The fourth-order valence-electron chi connectivity index (χ4n) is 3.74. The van der Waals surface area contributed by atoms with Gasteiger partial charge in [0.1, 0.15) is 16.5 Å². The Morgan fingerprint density at radius 2 is 1.86 bits per heavy atom. The van der Waals surface area contributed by atoms with Crippen molar-refractivity contribution >= 4 is 43.8 Å². The topological polar surface area (TPSA) is 136 Å². The fraction of sp³-hybridized carbons (Fsp3) is 0.208. The van der Waals surface area contributed by atoms with Crippen molar-refractivity contribution in [1.29, 1.82) is 0 Å². The number of anilines is 1. The van der Waals surface area contributed by atoms with Crippen molar-refractivity contribution in [3.05, 3.63) is 82.6 Å². The van der Waals surface area contributed by atoms with Gasteiger partial charge >= 0.3 is 0 Å². The van der Waals surface area contributed by atoms with Gasteiger partial charge in [-0.15, -0.1) is 0 Å². The quantitative estimate of drug-likeness (QED) is 0.323. The number of aliphatic hydroxyl groups excluding tert-OH is 1. The number of halogens is 2. The normalized spacial score (nSPS) is 16.3. The van der Waals surface area contributed by atoms with Crippen molar-refractivity contribution in [2.75, 3.05) is 23.4 Å². The number of benzene rings is 3. The molecule has 0 radical (unpaired) electrons. The maximum atomic E-state index is 15.1. The molecule has 4 N–H and O–H groups in total. The molecule has 1 heterocycles. The van der Waals surface area contributed by atoms with Crippen molar-refractivity contribution in [1.82, 2.24) is 5.32 Å². The molecular formula is C24H24ClFN2O7S2. The summed E-state index contributed by atoms with van der Waals surface area (Å²) in [5.74, 6) is -1.45. The molecule has 0 aromatic heterocycles. The summed E-state index contributed by atoms with van der Waals surface area (Å²) in [7, 11) is -7.09. The first-order valence-electron chi connectivity index (χ1n) is 11.0. The Balaban J connectivity index is 1.54. The van der Waals surface area contributed by atoms with Crippen LogP contribution in [0.5, 0.6) is 5.75 Å². The minimum atomic E-state index is -3.68. The molecule has 3 aromatic rings. The number of fused-ring (bicyclic) bond motifs is 1. The molecule has 0 saturated carbocycles. The van der Waals surface area contributed by atoms with E-state index in [0.717, 1.165) is 10.4 Å². The second kappa shape index (κ2) is 10.5. The maximum Gasteiger partial charge on any atom is 0.251 e. The zero-order chi connectivity index (χ0) is 27.0. The second-order valence-electron chi connectivity index (χ2n) is 8.11. The molecule has 198 valence electrons. The van der Waals surface area contributed by atoms with E-state index in [-0.39, 0.29) is 44.3 Å². The third kappa shape index (κ3) is 5.40. The predicted octanol–water partition coefficient (Wildman–Crippen LogP) is 4.62. The lowest BCUT2D eigenvalue weighted by Crippen LogP contribution is -2.36. The maximum absolute atomic E-state index is 15.1. The van der Waals surface area contributed by atoms with E-state index < -0.39 is 45.0 Å². The molecule has 9 nitrogen and oxygen atoms in total. The smallest absolute Gasteiger partial charge is 0.251 e. The highest BCUT2D eigenvalue weighted by atomic mass is 35.5. The van der Waals surface area contributed by atoms with Gasteiger partial charge < -0.3 is 15.2 Å². The SMILES string of the molecule is CCS(=O)(=O)c1ccc(C(CO)NC(=O)c2ccc(N3COc4ccc(Cl)cc4S3(O)O)c(F)c2)cc1. The van der Waals surface area contributed by atoms with Crippen LogP contribution >= 0.6 is 22.4 Å². The molecule has 3 aromatic carbocycles. The van der Waals surface area contributed by atoms with E-state index in [1.165, 1.54) is 61.5 Å². The Morgan fingerprint density at radius 1 is 1.16 bits per heavy atom. The molecule has 0 spiro atoms. The summed E-state index contributed by atoms with van der Waals surface area (Å²) < 4.78 is 67.3. The number of ether oxygens (including phenoxy) is 1. The van der Waals surface area contributed by atoms with Gasteiger partial charge in [0.05, 0.1) is 29.0 Å². The largest absolute Gasteiger partial charge is 0.469 e. The number of aliphatic hydroxyl groups is 1. The molecule has 1 aliphatic rings. The molecule has 1 aliphatic heterocycles. The summed E-state index contributed by atoms with van der Waals surface area (Å²) in [6.45, 7) is 0.690. The average Bonchev–Trinajstić information content (AvgIpc) is 2.88. The Hall–Kier alpha value is -2.87. The highest BCUT2D eigenvalue weighted by Gasteiger charge is 2.35. The van der Waals surface area contributed by atoms with Crippen molar-refractivity contribution in [3.8, 4) is 5.75 Å². The number of carbonyl (C=O) groups excluding carboxylic acids is 1. The van der Waals surface area contributed by atoms with Gasteiger partial charge in [-0.25, -0.2) is 17.1 Å². The number of hydrogen-bond donors (Lipinski definition) is 4. The Morgan fingerprint density at radius 3 is 2.49 bits per heavy atom. The van der Waals surface area contributed by atoms with Crippen LogP contribution in [-0.4, -0.2) is 47.6 Å². The zero-order valence-electron chi connectivity index (χ0n) is 19.5. The van der Waals surface area contributed by atoms with Gasteiger partial charge in [-0.05, 0) is 54.1 Å². The lowest BCUT2D eigenvalue weighted by Gasteiger charge is -2.47. The molecule has 0 saturated heterocycles. The summed E-state index contributed by atoms with van der Waals surface area (Å²) in [6.07, 6.45) is 0. The summed E-state index contributed by atoms with van der Waals surface area (Å²) in [5.41, 5.74) is 0.177. The van der Waals surface area contributed by atoms with Crippen LogP contribution in [0.25, 0.3) is 0 Å². The highest BCUT2D eigenvalue weighted by Crippen LogP contribution is 2.59. The first-order valence-corrected chi connectivity index (χ1v) is 14.5. The molecule has 0 fully saturated rings. The number of nitrogens with one attached hydrogen (secondary N) is 1. The van der Waals surface area contributed by atoms with Gasteiger partial charge in [-0.2, -0.15) is 0 Å². The Kier molecular flexibility index (Phi) is 7.70. The molecule has 1 unspecified atom stereocenters. The zero-order valence-corrected chi connectivity index (χ0v) is 21.9. The first kappa shape index (κ1) is 27.2. The van der Waals surface area contributed by atoms with E-state index >= 15 is 4.39 Å². The number of amides is 1. The van der Waals surface area contributed by atoms with Gasteiger partial charge in [0.25, 0.3) is 5.91 Å². The van der Waals surface area contributed by atoms with Crippen molar-refractivity contribution < 1.29 is 36.6 Å². The number of carbonyl (C=O) groups is 1. The number of sulfone groups is 1. The van der Waals surface area contributed by atoms with Crippen LogP contribution < -0.4 is 14.4 Å². The molecule has 1 amide bonds. The van der Waals surface area contributed by atoms with Gasteiger partial charge in [-0.3, -0.25) is 13.9 Å². The fourth-order valence-corrected chi connectivity index (χ4v) is 6.41. The third-order valence-corrected chi connectivity index (χ3v) is 9.64. The van der Waals surface area contributed by atoms with Gasteiger partial charge in [0.15, 0.2) is 16.6 Å². The van der Waals surface area contributed by atoms with Crippen LogP contribution in [0.15, 0.2) is 70.5 Å². The predicted molar refractivity (Wildman–Crippen MR) is 138 cm³/mol. The van der Waals surface area contributed by atoms with Crippen molar-refractivity contribution in [3.63, 3.8) is 0 Å². The summed E-state index contributed by atoms with van der Waals surface area (Å²) in [4.78, 5) is 12.9. The van der Waals surface area contributed by atoms with E-state index in [4.69, 9.17) is 16.3 Å². The van der Waals surface area contributed by atoms with Gasteiger partial charge in [0, 0.05) is 10.6 Å². The second-order valence-corrected chi connectivity index (χ2v) is 12.7. The van der Waals surface area contributed by atoms with Crippen LogP contribution in [0.1, 0.15) is 28.9 Å². The standard InChI is InChI=1S/C24H24ClFN2O7S2/c1-2-36(31,32)18-7-3-15(4-8-18)20(13-29)27-24(30)16-5-9-21(19(26)11-16)28-14-35-22-10-6-17(25)12-23(22)37(28,33)34/h3-12,20,29,33-34H,2,13-14H2,1H3,(H,27,30). The molecule has 4 rings (SSSR count). The molecule has 37 heavy (non-hydrogen) atoms. The third-order valence-electron chi connectivity index (χ3n) is 5.83. The molecule has 0 aliphatic carbocycles. The highest BCUT2D eigenvalue weighted by molar-refractivity contribution is 8.25.